The Hall–Kier alpha value is -4.91. The number of aromatic nitrogens is 2. The summed E-state index contributed by atoms with van der Waals surface area (Å²) >= 11 is 0. The lowest BCUT2D eigenvalue weighted by Gasteiger charge is -2.28. The standard InChI is InChI=1S/C39H42N4O3/c1-2-3-18-37-41-35-24-23-32(42(26-28-12-6-4-7-13-28)39(46)40-31-14-8-5-9-15-31)25-36(35)43(37)27-29-19-21-30(22-20-29)33-16-10-11-17-34(33)38(44)45/h4,6-7,10-13,16-17,19-25,31H,2-3,5,8-9,14-15,18,26-27H2,1H3,(H,40,46)(H,44,45). The molecule has 1 saturated carbocycles. The number of hydrogen-bond donors (Lipinski definition) is 2. The maximum Gasteiger partial charge on any atom is 0.336 e. The van der Waals surface area contributed by atoms with Crippen LogP contribution in [0, 0.1) is 0 Å². The van der Waals surface area contributed by atoms with Crippen LogP contribution in [0.5, 0.6) is 0 Å². The number of carboxylic acid groups (broad SMARTS) is 1. The van der Waals surface area contributed by atoms with Crippen LogP contribution in [0.1, 0.15) is 79.2 Å². The van der Waals surface area contributed by atoms with Crippen molar-refractivity contribution < 1.29 is 14.7 Å². The van der Waals surface area contributed by atoms with E-state index in [0.717, 1.165) is 84.2 Å². The molecule has 1 aliphatic carbocycles. The van der Waals surface area contributed by atoms with E-state index in [9.17, 15) is 14.7 Å². The van der Waals surface area contributed by atoms with Crippen molar-refractivity contribution >= 4 is 28.7 Å². The van der Waals surface area contributed by atoms with Crippen LogP contribution in [-0.4, -0.2) is 32.7 Å². The predicted octanol–water partition coefficient (Wildman–Crippen LogP) is 8.84. The molecule has 7 heteroatoms. The summed E-state index contributed by atoms with van der Waals surface area (Å²) in [5, 5.41) is 13.0. The number of carbonyl (C=O) groups is 2. The number of hydrogen-bond acceptors (Lipinski definition) is 3. The quantitative estimate of drug-likeness (QED) is 0.156. The first kappa shape index (κ1) is 31.1. The van der Waals surface area contributed by atoms with Gasteiger partial charge in [-0.2, -0.15) is 0 Å². The Morgan fingerprint density at radius 3 is 2.37 bits per heavy atom. The van der Waals surface area contributed by atoms with E-state index < -0.39 is 5.97 Å². The van der Waals surface area contributed by atoms with Gasteiger partial charge in [-0.25, -0.2) is 14.6 Å². The number of nitrogens with zero attached hydrogens (tertiary/aromatic N) is 3. The summed E-state index contributed by atoms with van der Waals surface area (Å²) in [5.74, 6) is 0.0882. The number of amides is 2. The Kier molecular flexibility index (Phi) is 9.77. The average Bonchev–Trinajstić information content (AvgIpc) is 3.43. The minimum absolute atomic E-state index is 0.0652. The lowest BCUT2D eigenvalue weighted by molar-refractivity contribution is 0.0697. The summed E-state index contributed by atoms with van der Waals surface area (Å²) in [5.41, 5.74) is 6.77. The third-order valence-corrected chi connectivity index (χ3v) is 9.00. The highest BCUT2D eigenvalue weighted by Gasteiger charge is 2.23. The topological polar surface area (TPSA) is 87.5 Å². The SMILES string of the molecule is CCCCc1nc2ccc(N(Cc3ccccc3)C(=O)NC3CCCCC3)cc2n1Cc1ccc(-c2ccccc2C(=O)O)cc1. The molecule has 0 radical (unpaired) electrons. The molecule has 4 aromatic carbocycles. The first-order chi connectivity index (χ1) is 22.5. The van der Waals surface area contributed by atoms with E-state index in [0.29, 0.717) is 18.7 Å². The Bertz CT molecular complexity index is 1790. The number of imidazole rings is 1. The number of carboxylic acids is 1. The van der Waals surface area contributed by atoms with E-state index >= 15 is 0 Å². The van der Waals surface area contributed by atoms with Gasteiger partial charge in [-0.3, -0.25) is 4.90 Å². The maximum atomic E-state index is 13.8. The molecule has 0 aliphatic heterocycles. The fourth-order valence-electron chi connectivity index (χ4n) is 6.47. The zero-order chi connectivity index (χ0) is 31.9. The van der Waals surface area contributed by atoms with E-state index in [1.165, 1.54) is 6.42 Å². The highest BCUT2D eigenvalue weighted by Crippen LogP contribution is 2.29. The first-order valence-corrected chi connectivity index (χ1v) is 16.5. The molecule has 0 saturated heterocycles. The van der Waals surface area contributed by atoms with Crippen LogP contribution >= 0.6 is 0 Å². The normalized spacial score (nSPS) is 13.5. The fraction of sp³-hybridized carbons (Fsp3) is 0.308. The first-order valence-electron chi connectivity index (χ1n) is 16.5. The summed E-state index contributed by atoms with van der Waals surface area (Å²) in [6.45, 7) is 3.28. The summed E-state index contributed by atoms with van der Waals surface area (Å²) < 4.78 is 2.27. The van der Waals surface area contributed by atoms with Gasteiger partial charge in [0.2, 0.25) is 0 Å². The minimum atomic E-state index is -0.935. The van der Waals surface area contributed by atoms with E-state index in [1.807, 2.05) is 59.5 Å². The fourth-order valence-corrected chi connectivity index (χ4v) is 6.47. The molecule has 5 aromatic rings. The van der Waals surface area contributed by atoms with Crippen molar-refractivity contribution in [1.29, 1.82) is 0 Å². The summed E-state index contributed by atoms with van der Waals surface area (Å²) in [6.07, 6.45) is 8.56. The van der Waals surface area contributed by atoms with E-state index in [-0.39, 0.29) is 17.6 Å². The largest absolute Gasteiger partial charge is 0.478 e. The van der Waals surface area contributed by atoms with Crippen LogP contribution in [0.15, 0.2) is 97.1 Å². The molecule has 2 amide bonds. The van der Waals surface area contributed by atoms with Gasteiger partial charge in [-0.1, -0.05) is 105 Å². The highest BCUT2D eigenvalue weighted by atomic mass is 16.4. The van der Waals surface area contributed by atoms with Crippen LogP contribution in [0.25, 0.3) is 22.2 Å². The van der Waals surface area contributed by atoms with Gasteiger partial charge in [0.15, 0.2) is 0 Å². The zero-order valence-corrected chi connectivity index (χ0v) is 26.5. The molecule has 0 bridgehead atoms. The number of aromatic carboxylic acids is 1. The second-order valence-corrected chi connectivity index (χ2v) is 12.3. The zero-order valence-electron chi connectivity index (χ0n) is 26.5. The molecule has 1 aliphatic rings. The van der Waals surface area contributed by atoms with E-state index in [2.05, 4.69) is 47.1 Å². The van der Waals surface area contributed by atoms with Gasteiger partial charge in [-0.15, -0.1) is 0 Å². The van der Waals surface area contributed by atoms with Crippen LogP contribution in [0.3, 0.4) is 0 Å². The molecule has 1 heterocycles. The van der Waals surface area contributed by atoms with Gasteiger partial charge in [0.1, 0.15) is 5.82 Å². The molecule has 6 rings (SSSR count). The third-order valence-electron chi connectivity index (χ3n) is 9.00. The number of benzene rings is 4. The minimum Gasteiger partial charge on any atom is -0.478 e. The van der Waals surface area contributed by atoms with Crippen LogP contribution in [-0.2, 0) is 19.5 Å². The van der Waals surface area contributed by atoms with E-state index in [4.69, 9.17) is 4.98 Å². The molecular weight excluding hydrogens is 572 g/mol. The number of aryl methyl sites for hydroxylation is 1. The second kappa shape index (κ2) is 14.5. The van der Waals surface area contributed by atoms with Crippen molar-refractivity contribution in [1.82, 2.24) is 14.9 Å². The Labute approximate surface area is 270 Å². The molecule has 2 N–H and O–H groups in total. The molecule has 236 valence electrons. The summed E-state index contributed by atoms with van der Waals surface area (Å²) in [7, 11) is 0. The van der Waals surface area contributed by atoms with Gasteiger partial charge >= 0.3 is 12.0 Å². The van der Waals surface area contributed by atoms with Gasteiger partial charge in [0.25, 0.3) is 0 Å². The molecule has 1 fully saturated rings. The number of rotatable bonds is 11. The van der Waals surface area contributed by atoms with E-state index in [1.54, 1.807) is 12.1 Å². The molecule has 0 spiro atoms. The maximum absolute atomic E-state index is 13.8. The number of nitrogens with one attached hydrogen (secondary N) is 1. The lowest BCUT2D eigenvalue weighted by atomic mass is 9.96. The van der Waals surface area contributed by atoms with Gasteiger partial charge in [-0.05, 0) is 65.8 Å². The number of fused-ring (bicyclic) bond motifs is 1. The Morgan fingerprint density at radius 1 is 0.891 bits per heavy atom. The number of anilines is 1. The Balaban J connectivity index is 1.34. The van der Waals surface area contributed by atoms with Crippen molar-refractivity contribution in [2.24, 2.45) is 0 Å². The van der Waals surface area contributed by atoms with Crippen molar-refractivity contribution in [2.45, 2.75) is 77.4 Å². The molecule has 7 nitrogen and oxygen atoms in total. The molecule has 0 atom stereocenters. The van der Waals surface area contributed by atoms with Crippen molar-refractivity contribution in [3.8, 4) is 11.1 Å². The van der Waals surface area contributed by atoms with Crippen molar-refractivity contribution in [3.63, 3.8) is 0 Å². The molecular formula is C39H42N4O3. The number of carbonyl (C=O) groups excluding carboxylic acids is 1. The van der Waals surface area contributed by atoms with Gasteiger partial charge < -0.3 is 15.0 Å². The molecule has 0 unspecified atom stereocenters. The second-order valence-electron chi connectivity index (χ2n) is 12.3. The monoisotopic (exact) mass is 614 g/mol. The molecule has 46 heavy (non-hydrogen) atoms. The third kappa shape index (κ3) is 7.15. The molecule has 1 aromatic heterocycles. The number of urea groups is 1. The average molecular weight is 615 g/mol. The predicted molar refractivity (Wildman–Crippen MR) is 184 cm³/mol. The smallest absolute Gasteiger partial charge is 0.336 e. The summed E-state index contributed by atoms with van der Waals surface area (Å²) in [4.78, 5) is 32.6. The van der Waals surface area contributed by atoms with Gasteiger partial charge in [0.05, 0.1) is 23.1 Å². The summed E-state index contributed by atoms with van der Waals surface area (Å²) in [6, 6.07) is 31.6. The Morgan fingerprint density at radius 2 is 1.63 bits per heavy atom. The van der Waals surface area contributed by atoms with Crippen LogP contribution in [0.4, 0.5) is 10.5 Å². The van der Waals surface area contributed by atoms with Crippen LogP contribution in [0.2, 0.25) is 0 Å². The lowest BCUT2D eigenvalue weighted by Crippen LogP contribution is -2.45. The number of unbranched alkanes of at least 4 members (excludes halogenated alkanes) is 1. The van der Waals surface area contributed by atoms with Gasteiger partial charge in [0, 0.05) is 24.7 Å². The van der Waals surface area contributed by atoms with Crippen molar-refractivity contribution in [3.05, 3.63) is 120 Å². The van der Waals surface area contributed by atoms with Crippen molar-refractivity contribution in [2.75, 3.05) is 4.90 Å². The van der Waals surface area contributed by atoms with Crippen LogP contribution < -0.4 is 10.2 Å². The highest BCUT2D eigenvalue weighted by molar-refractivity contribution is 5.96.